The summed E-state index contributed by atoms with van der Waals surface area (Å²) in [6.45, 7) is 3.80. The van der Waals surface area contributed by atoms with Crippen LogP contribution in [0.25, 0.3) is 0 Å². The highest BCUT2D eigenvalue weighted by molar-refractivity contribution is 5.18. The Hall–Kier alpha value is -1.04. The second-order valence-corrected chi connectivity index (χ2v) is 5.27. The van der Waals surface area contributed by atoms with Gasteiger partial charge in [-0.25, -0.2) is 8.78 Å². The van der Waals surface area contributed by atoms with Crippen molar-refractivity contribution in [2.24, 2.45) is 5.92 Å². The minimum atomic E-state index is -0.507. The third-order valence-electron chi connectivity index (χ3n) is 3.60. The van der Waals surface area contributed by atoms with E-state index in [1.807, 2.05) is 0 Å². The van der Waals surface area contributed by atoms with Crippen LogP contribution in [0.3, 0.4) is 0 Å². The molecule has 1 aromatic carbocycles. The predicted octanol–water partition coefficient (Wildman–Crippen LogP) is 1.84. The molecule has 1 aliphatic heterocycles. The summed E-state index contributed by atoms with van der Waals surface area (Å²) in [6.07, 6.45) is 1.75. The highest BCUT2D eigenvalue weighted by Crippen LogP contribution is 2.21. The summed E-state index contributed by atoms with van der Waals surface area (Å²) in [5, 5.41) is 8.61. The summed E-state index contributed by atoms with van der Waals surface area (Å²) in [5.74, 6) is -0.575. The Morgan fingerprint density at radius 3 is 2.65 bits per heavy atom. The van der Waals surface area contributed by atoms with Crippen molar-refractivity contribution in [1.82, 2.24) is 4.90 Å². The van der Waals surface area contributed by atoms with Crippen LogP contribution >= 0.6 is 0 Å². The van der Waals surface area contributed by atoms with E-state index in [2.05, 4.69) is 4.90 Å². The van der Waals surface area contributed by atoms with Gasteiger partial charge in [-0.2, -0.15) is 0 Å². The first kappa shape index (κ1) is 15.4. The van der Waals surface area contributed by atoms with Gasteiger partial charge >= 0.3 is 0 Å². The molecular formula is C15H21F2NO2. The van der Waals surface area contributed by atoms with Crippen molar-refractivity contribution in [3.05, 3.63) is 35.4 Å². The minimum absolute atomic E-state index is 0.0494. The number of halogens is 2. The number of benzene rings is 1. The van der Waals surface area contributed by atoms with Crippen molar-refractivity contribution in [3.8, 4) is 0 Å². The molecule has 1 heterocycles. The molecule has 5 heteroatoms. The number of likely N-dealkylation sites (tertiary alicyclic amines) is 1. The van der Waals surface area contributed by atoms with Gasteiger partial charge in [0.05, 0.1) is 19.8 Å². The first-order valence-electron chi connectivity index (χ1n) is 7.03. The summed E-state index contributed by atoms with van der Waals surface area (Å²) in [5.41, 5.74) is 0.728. The third-order valence-corrected chi connectivity index (χ3v) is 3.60. The lowest BCUT2D eigenvalue weighted by Crippen LogP contribution is -2.26. The van der Waals surface area contributed by atoms with Crippen molar-refractivity contribution in [3.63, 3.8) is 0 Å². The fourth-order valence-corrected chi connectivity index (χ4v) is 2.70. The van der Waals surface area contributed by atoms with Gasteiger partial charge in [-0.1, -0.05) is 0 Å². The zero-order valence-electron chi connectivity index (χ0n) is 11.5. The minimum Gasteiger partial charge on any atom is -0.394 e. The lowest BCUT2D eigenvalue weighted by atomic mass is 9.98. The lowest BCUT2D eigenvalue weighted by Gasteiger charge is -2.16. The normalized spacial score (nSPS) is 19.6. The van der Waals surface area contributed by atoms with Crippen LogP contribution in [0, 0.1) is 17.6 Å². The topological polar surface area (TPSA) is 32.7 Å². The van der Waals surface area contributed by atoms with Crippen LogP contribution in [0.5, 0.6) is 0 Å². The van der Waals surface area contributed by atoms with Gasteiger partial charge in [-0.3, -0.25) is 0 Å². The van der Waals surface area contributed by atoms with Crippen LogP contribution in [0.1, 0.15) is 12.0 Å². The molecule has 0 saturated carbocycles. The molecule has 1 aliphatic rings. The van der Waals surface area contributed by atoms with Crippen molar-refractivity contribution >= 4 is 0 Å². The fraction of sp³-hybridized carbons (Fsp3) is 0.600. The van der Waals surface area contributed by atoms with Crippen LogP contribution in [0.15, 0.2) is 18.2 Å². The van der Waals surface area contributed by atoms with E-state index < -0.39 is 11.6 Å². The second-order valence-electron chi connectivity index (χ2n) is 5.27. The monoisotopic (exact) mass is 285 g/mol. The Kier molecular flexibility index (Phi) is 5.88. The van der Waals surface area contributed by atoms with Gasteiger partial charge in [-0.15, -0.1) is 0 Å². The maximum absolute atomic E-state index is 13.1. The molecule has 1 atom stereocenters. The number of aliphatic hydroxyl groups excluding tert-OH is 1. The number of ether oxygens (including phenoxy) is 1. The molecule has 1 aromatic rings. The van der Waals surface area contributed by atoms with Gasteiger partial charge < -0.3 is 14.7 Å². The number of aliphatic hydroxyl groups is 1. The van der Waals surface area contributed by atoms with Crippen LogP contribution in [-0.4, -0.2) is 49.5 Å². The zero-order chi connectivity index (χ0) is 14.4. The van der Waals surface area contributed by atoms with Crippen LogP contribution in [0.4, 0.5) is 8.78 Å². The van der Waals surface area contributed by atoms with Crippen LogP contribution in [-0.2, 0) is 11.2 Å². The van der Waals surface area contributed by atoms with Gasteiger partial charge in [0.25, 0.3) is 0 Å². The molecule has 2 rings (SSSR count). The summed E-state index contributed by atoms with van der Waals surface area (Å²) in [4.78, 5) is 2.29. The Morgan fingerprint density at radius 2 is 1.95 bits per heavy atom. The molecule has 0 radical (unpaired) electrons. The Labute approximate surface area is 118 Å². The van der Waals surface area contributed by atoms with E-state index in [1.165, 1.54) is 12.1 Å². The van der Waals surface area contributed by atoms with Crippen LogP contribution < -0.4 is 0 Å². The number of hydrogen-bond donors (Lipinski definition) is 1. The highest BCUT2D eigenvalue weighted by atomic mass is 19.1. The number of hydrogen-bond acceptors (Lipinski definition) is 3. The molecule has 1 fully saturated rings. The van der Waals surface area contributed by atoms with E-state index in [0.717, 1.165) is 37.7 Å². The Morgan fingerprint density at radius 1 is 1.20 bits per heavy atom. The molecular weight excluding hydrogens is 264 g/mol. The van der Waals surface area contributed by atoms with Gasteiger partial charge in [0.2, 0.25) is 0 Å². The quantitative estimate of drug-likeness (QED) is 0.776. The molecule has 0 spiro atoms. The molecule has 0 amide bonds. The summed E-state index contributed by atoms with van der Waals surface area (Å²) < 4.78 is 31.5. The van der Waals surface area contributed by atoms with Crippen molar-refractivity contribution < 1.29 is 18.6 Å². The van der Waals surface area contributed by atoms with E-state index >= 15 is 0 Å². The first-order valence-corrected chi connectivity index (χ1v) is 7.03. The molecule has 0 aromatic heterocycles. The highest BCUT2D eigenvalue weighted by Gasteiger charge is 2.22. The number of nitrogens with zero attached hydrogens (tertiary/aromatic N) is 1. The zero-order valence-corrected chi connectivity index (χ0v) is 11.5. The van der Waals surface area contributed by atoms with Gasteiger partial charge in [0.1, 0.15) is 11.6 Å². The van der Waals surface area contributed by atoms with E-state index in [1.54, 1.807) is 0 Å². The van der Waals surface area contributed by atoms with Gasteiger partial charge in [0.15, 0.2) is 0 Å². The third kappa shape index (κ3) is 4.81. The maximum atomic E-state index is 13.1. The van der Waals surface area contributed by atoms with Crippen molar-refractivity contribution in [2.75, 3.05) is 39.5 Å². The van der Waals surface area contributed by atoms with Gasteiger partial charge in [-0.05, 0) is 43.0 Å². The van der Waals surface area contributed by atoms with Gasteiger partial charge in [0, 0.05) is 19.2 Å². The van der Waals surface area contributed by atoms with E-state index in [0.29, 0.717) is 25.6 Å². The SMILES string of the molecule is OCCOCCN1CCC(Cc2cc(F)cc(F)c2)C1. The predicted molar refractivity (Wildman–Crippen MR) is 72.5 cm³/mol. The Bertz CT molecular complexity index is 408. The van der Waals surface area contributed by atoms with Crippen molar-refractivity contribution in [2.45, 2.75) is 12.8 Å². The molecule has 0 bridgehead atoms. The molecule has 3 nitrogen and oxygen atoms in total. The molecule has 20 heavy (non-hydrogen) atoms. The van der Waals surface area contributed by atoms with E-state index in [-0.39, 0.29) is 6.61 Å². The molecule has 1 N–H and O–H groups in total. The average molecular weight is 285 g/mol. The first-order chi connectivity index (χ1) is 9.67. The Balaban J connectivity index is 1.75. The average Bonchev–Trinajstić information content (AvgIpc) is 2.81. The smallest absolute Gasteiger partial charge is 0.126 e. The maximum Gasteiger partial charge on any atom is 0.126 e. The lowest BCUT2D eigenvalue weighted by molar-refractivity contribution is 0.0775. The standard InChI is InChI=1S/C15H21F2NO2/c16-14-8-13(9-15(17)10-14)7-12-1-2-18(11-12)3-5-20-6-4-19/h8-10,12,19H,1-7,11H2. The molecule has 0 aliphatic carbocycles. The molecule has 1 saturated heterocycles. The van der Waals surface area contributed by atoms with E-state index in [4.69, 9.17) is 9.84 Å². The fourth-order valence-electron chi connectivity index (χ4n) is 2.70. The van der Waals surface area contributed by atoms with Crippen LogP contribution in [0.2, 0.25) is 0 Å². The van der Waals surface area contributed by atoms with E-state index in [9.17, 15) is 8.78 Å². The van der Waals surface area contributed by atoms with Crippen molar-refractivity contribution in [1.29, 1.82) is 0 Å². The summed E-state index contributed by atoms with van der Waals surface area (Å²) in [7, 11) is 0. The molecule has 112 valence electrons. The number of rotatable bonds is 7. The molecule has 1 unspecified atom stereocenters. The summed E-state index contributed by atoms with van der Waals surface area (Å²) in [6, 6.07) is 3.73. The summed E-state index contributed by atoms with van der Waals surface area (Å²) >= 11 is 0. The largest absolute Gasteiger partial charge is 0.394 e. The second kappa shape index (κ2) is 7.67.